The van der Waals surface area contributed by atoms with Crippen LogP contribution in [0.1, 0.15) is 19.3 Å². The first-order chi connectivity index (χ1) is 11.6. The quantitative estimate of drug-likeness (QED) is 0.669. The Morgan fingerprint density at radius 2 is 2.08 bits per heavy atom. The van der Waals surface area contributed by atoms with E-state index in [0.29, 0.717) is 23.9 Å². The molecule has 0 aromatic heterocycles. The Balaban J connectivity index is 1.88. The summed E-state index contributed by atoms with van der Waals surface area (Å²) in [4.78, 5) is 25.4. The minimum atomic E-state index is -0.348. The van der Waals surface area contributed by atoms with E-state index in [4.69, 9.17) is 21.1 Å². The topological polar surface area (TPSA) is 65.1 Å². The van der Waals surface area contributed by atoms with Gasteiger partial charge in [0, 0.05) is 24.7 Å². The van der Waals surface area contributed by atoms with Gasteiger partial charge in [-0.25, -0.2) is 0 Å². The second-order valence-corrected chi connectivity index (χ2v) is 5.98. The van der Waals surface area contributed by atoms with Crippen molar-refractivity contribution in [2.45, 2.75) is 25.4 Å². The zero-order chi connectivity index (χ0) is 17.4. The summed E-state index contributed by atoms with van der Waals surface area (Å²) in [5.74, 6) is 0.0286. The molecule has 1 aromatic carbocycles. The maximum atomic E-state index is 12.4. The smallest absolute Gasteiger partial charge is 0.307 e. The van der Waals surface area contributed by atoms with Gasteiger partial charge in [-0.1, -0.05) is 11.6 Å². The Hall–Kier alpha value is -1.79. The second-order valence-electron chi connectivity index (χ2n) is 5.54. The van der Waals surface area contributed by atoms with Crippen LogP contribution in [-0.2, 0) is 19.1 Å². The molecule has 0 N–H and O–H groups in total. The van der Waals surface area contributed by atoms with Crippen LogP contribution < -0.4 is 4.74 Å². The summed E-state index contributed by atoms with van der Waals surface area (Å²) in [5, 5.41) is 0.603. The number of esters is 1. The minimum Gasteiger partial charge on any atom is -0.484 e. The second kappa shape index (κ2) is 9.49. The van der Waals surface area contributed by atoms with E-state index < -0.39 is 0 Å². The third-order valence-electron chi connectivity index (χ3n) is 3.79. The summed E-state index contributed by atoms with van der Waals surface area (Å²) in [5.41, 5.74) is 0. The van der Waals surface area contributed by atoms with Crippen LogP contribution in [0.4, 0.5) is 0 Å². The van der Waals surface area contributed by atoms with E-state index in [1.807, 2.05) is 0 Å². The number of hydrogen-bond donors (Lipinski definition) is 0. The molecular formula is C17H22ClNO5. The zero-order valence-electron chi connectivity index (χ0n) is 13.7. The van der Waals surface area contributed by atoms with Crippen LogP contribution in [0.25, 0.3) is 0 Å². The van der Waals surface area contributed by atoms with Crippen LogP contribution >= 0.6 is 11.6 Å². The molecule has 0 radical (unpaired) electrons. The van der Waals surface area contributed by atoms with Gasteiger partial charge in [0.05, 0.1) is 19.6 Å². The molecule has 7 heteroatoms. The summed E-state index contributed by atoms with van der Waals surface area (Å²) in [6.07, 6.45) is 2.07. The number of halogens is 1. The molecule has 1 saturated heterocycles. The van der Waals surface area contributed by atoms with E-state index >= 15 is 0 Å². The van der Waals surface area contributed by atoms with Gasteiger partial charge in [0.25, 0.3) is 5.91 Å². The molecular weight excluding hydrogens is 334 g/mol. The van der Waals surface area contributed by atoms with Gasteiger partial charge in [0.15, 0.2) is 6.61 Å². The van der Waals surface area contributed by atoms with Gasteiger partial charge in [0.2, 0.25) is 0 Å². The number of carbonyl (C=O) groups excluding carboxylic acids is 2. The third kappa shape index (κ3) is 6.02. The lowest BCUT2D eigenvalue weighted by atomic mass is 10.2. The number of ether oxygens (including phenoxy) is 3. The highest BCUT2D eigenvalue weighted by molar-refractivity contribution is 6.30. The number of hydrogen-bond acceptors (Lipinski definition) is 5. The Morgan fingerprint density at radius 1 is 1.33 bits per heavy atom. The molecule has 2 rings (SSSR count). The fourth-order valence-corrected chi connectivity index (χ4v) is 2.57. The molecule has 1 atom stereocenters. The normalized spacial score (nSPS) is 16.7. The monoisotopic (exact) mass is 355 g/mol. The Bertz CT molecular complexity index is 542. The van der Waals surface area contributed by atoms with Gasteiger partial charge in [-0.2, -0.15) is 0 Å². The van der Waals surface area contributed by atoms with Crippen molar-refractivity contribution in [3.05, 3.63) is 29.3 Å². The molecule has 0 aliphatic carbocycles. The Morgan fingerprint density at radius 3 is 2.71 bits per heavy atom. The van der Waals surface area contributed by atoms with Gasteiger partial charge in [-0.15, -0.1) is 0 Å². The molecule has 132 valence electrons. The minimum absolute atomic E-state index is 0.0159. The van der Waals surface area contributed by atoms with Gasteiger partial charge in [-0.3, -0.25) is 9.59 Å². The van der Waals surface area contributed by atoms with Crippen LogP contribution in [0.3, 0.4) is 0 Å². The van der Waals surface area contributed by atoms with Gasteiger partial charge >= 0.3 is 5.97 Å². The molecule has 1 amide bonds. The first kappa shape index (κ1) is 18.5. The molecule has 1 unspecified atom stereocenters. The Labute approximate surface area is 146 Å². The molecule has 1 heterocycles. The lowest BCUT2D eigenvalue weighted by Crippen LogP contribution is -2.41. The molecule has 1 aliphatic rings. The largest absolute Gasteiger partial charge is 0.484 e. The SMILES string of the molecule is COC(=O)CCN(CC1CCCO1)C(=O)COc1ccc(Cl)cc1. The third-order valence-corrected chi connectivity index (χ3v) is 4.04. The molecule has 6 nitrogen and oxygen atoms in total. The predicted octanol–water partition coefficient (Wildman–Crippen LogP) is 2.29. The van der Waals surface area contributed by atoms with Crippen LogP contribution in [-0.4, -0.2) is 56.3 Å². The van der Waals surface area contributed by atoms with E-state index in [0.717, 1.165) is 12.8 Å². The van der Waals surface area contributed by atoms with Crippen molar-refractivity contribution >= 4 is 23.5 Å². The summed E-state index contributed by atoms with van der Waals surface area (Å²) < 4.78 is 15.7. The highest BCUT2D eigenvalue weighted by Gasteiger charge is 2.23. The first-order valence-corrected chi connectivity index (χ1v) is 8.31. The number of nitrogens with zero attached hydrogens (tertiary/aromatic N) is 1. The maximum Gasteiger partial charge on any atom is 0.307 e. The number of amides is 1. The van der Waals surface area contributed by atoms with Crippen LogP contribution in [0, 0.1) is 0 Å². The van der Waals surface area contributed by atoms with Crippen molar-refractivity contribution < 1.29 is 23.8 Å². The highest BCUT2D eigenvalue weighted by Crippen LogP contribution is 2.16. The summed E-state index contributed by atoms with van der Waals surface area (Å²) in [6, 6.07) is 6.80. The van der Waals surface area contributed by atoms with Crippen molar-refractivity contribution in [2.75, 3.05) is 33.4 Å². The molecule has 0 spiro atoms. The van der Waals surface area contributed by atoms with Crippen LogP contribution in [0.2, 0.25) is 5.02 Å². The maximum absolute atomic E-state index is 12.4. The van der Waals surface area contributed by atoms with Gasteiger partial charge in [0.1, 0.15) is 5.75 Å². The van der Waals surface area contributed by atoms with Gasteiger partial charge < -0.3 is 19.1 Å². The molecule has 24 heavy (non-hydrogen) atoms. The summed E-state index contributed by atoms with van der Waals surface area (Å²) in [6.45, 7) is 1.36. The number of carbonyl (C=O) groups is 2. The molecule has 0 bridgehead atoms. The highest BCUT2D eigenvalue weighted by atomic mass is 35.5. The van der Waals surface area contributed by atoms with Crippen molar-refractivity contribution in [1.82, 2.24) is 4.90 Å². The van der Waals surface area contributed by atoms with E-state index in [1.54, 1.807) is 29.2 Å². The fraction of sp³-hybridized carbons (Fsp3) is 0.529. The van der Waals surface area contributed by atoms with E-state index in [1.165, 1.54) is 7.11 Å². The zero-order valence-corrected chi connectivity index (χ0v) is 14.5. The standard InChI is InChI=1S/C17H22ClNO5/c1-22-17(21)8-9-19(11-15-3-2-10-23-15)16(20)12-24-14-6-4-13(18)5-7-14/h4-7,15H,2-3,8-12H2,1H3. The summed E-state index contributed by atoms with van der Waals surface area (Å²) >= 11 is 5.82. The summed E-state index contributed by atoms with van der Waals surface area (Å²) in [7, 11) is 1.33. The fourth-order valence-electron chi connectivity index (χ4n) is 2.45. The number of rotatable bonds is 8. The Kier molecular flexibility index (Phi) is 7.34. The lowest BCUT2D eigenvalue weighted by Gasteiger charge is -2.25. The molecule has 1 aliphatic heterocycles. The van der Waals surface area contributed by atoms with Crippen molar-refractivity contribution in [3.63, 3.8) is 0 Å². The van der Waals surface area contributed by atoms with E-state index in [2.05, 4.69) is 4.74 Å². The molecule has 0 saturated carbocycles. The van der Waals surface area contributed by atoms with Crippen molar-refractivity contribution in [1.29, 1.82) is 0 Å². The van der Waals surface area contributed by atoms with Crippen LogP contribution in [0.15, 0.2) is 24.3 Å². The van der Waals surface area contributed by atoms with Crippen molar-refractivity contribution in [2.24, 2.45) is 0 Å². The number of methoxy groups -OCH3 is 1. The predicted molar refractivity (Wildman–Crippen MR) is 89.1 cm³/mol. The molecule has 1 aromatic rings. The van der Waals surface area contributed by atoms with E-state index in [9.17, 15) is 9.59 Å². The van der Waals surface area contributed by atoms with Gasteiger partial charge in [-0.05, 0) is 37.1 Å². The lowest BCUT2D eigenvalue weighted by molar-refractivity contribution is -0.142. The average Bonchev–Trinajstić information content (AvgIpc) is 3.10. The number of benzene rings is 1. The van der Waals surface area contributed by atoms with Crippen LogP contribution in [0.5, 0.6) is 5.75 Å². The molecule has 1 fully saturated rings. The van der Waals surface area contributed by atoms with Crippen molar-refractivity contribution in [3.8, 4) is 5.75 Å². The van der Waals surface area contributed by atoms with E-state index in [-0.39, 0.29) is 37.6 Å². The first-order valence-electron chi connectivity index (χ1n) is 7.93. The average molecular weight is 356 g/mol.